The fraction of sp³-hybridized carbons (Fsp3) is 0.316. The summed E-state index contributed by atoms with van der Waals surface area (Å²) in [6.45, 7) is 4.93. The summed E-state index contributed by atoms with van der Waals surface area (Å²) in [6, 6.07) is 15.8. The lowest BCUT2D eigenvalue weighted by molar-refractivity contribution is 0.173. The zero-order chi connectivity index (χ0) is 17.3. The van der Waals surface area contributed by atoms with E-state index in [1.807, 2.05) is 43.3 Å². The Hall–Kier alpha value is -2.16. The predicted octanol–water partition coefficient (Wildman–Crippen LogP) is 3.17. The van der Waals surface area contributed by atoms with Gasteiger partial charge in [-0.2, -0.15) is 0 Å². The van der Waals surface area contributed by atoms with E-state index in [0.717, 1.165) is 29.8 Å². The van der Waals surface area contributed by atoms with Crippen molar-refractivity contribution in [2.45, 2.75) is 13.5 Å². The maximum absolute atomic E-state index is 5.74. The second-order valence-electron chi connectivity index (χ2n) is 5.47. The Balaban J connectivity index is 0.00000243. The summed E-state index contributed by atoms with van der Waals surface area (Å²) < 4.78 is 16.4. The highest BCUT2D eigenvalue weighted by molar-refractivity contribution is 14.0. The minimum absolute atomic E-state index is 0. The number of rotatable bonds is 7. The molecule has 0 unspecified atom stereocenters. The number of ether oxygens (including phenoxy) is 3. The Labute approximate surface area is 171 Å². The molecule has 3 rings (SSSR count). The summed E-state index contributed by atoms with van der Waals surface area (Å²) in [4.78, 5) is 4.58. The van der Waals surface area contributed by atoms with Crippen molar-refractivity contribution >= 4 is 29.9 Å². The van der Waals surface area contributed by atoms with Crippen LogP contribution in [-0.2, 0) is 6.54 Å². The van der Waals surface area contributed by atoms with E-state index in [0.29, 0.717) is 19.7 Å². The first-order valence-corrected chi connectivity index (χ1v) is 8.43. The Morgan fingerprint density at radius 3 is 2.69 bits per heavy atom. The molecule has 26 heavy (non-hydrogen) atoms. The maximum Gasteiger partial charge on any atom is 0.231 e. The normalized spacial score (nSPS) is 12.3. The number of benzene rings is 2. The molecular weight excluding hydrogens is 445 g/mol. The minimum atomic E-state index is 0. The number of halogens is 1. The van der Waals surface area contributed by atoms with Crippen molar-refractivity contribution in [1.29, 1.82) is 0 Å². The highest BCUT2D eigenvalue weighted by Crippen LogP contribution is 2.34. The summed E-state index contributed by atoms with van der Waals surface area (Å²) in [5, 5.41) is 6.50. The van der Waals surface area contributed by atoms with Crippen molar-refractivity contribution < 1.29 is 14.2 Å². The largest absolute Gasteiger partial charge is 0.492 e. The van der Waals surface area contributed by atoms with Crippen LogP contribution in [0.5, 0.6) is 17.2 Å². The van der Waals surface area contributed by atoms with Gasteiger partial charge < -0.3 is 24.8 Å². The topological polar surface area (TPSA) is 64.1 Å². The van der Waals surface area contributed by atoms with Gasteiger partial charge >= 0.3 is 0 Å². The van der Waals surface area contributed by atoms with Gasteiger partial charge in [0.15, 0.2) is 17.5 Å². The van der Waals surface area contributed by atoms with Gasteiger partial charge in [0.25, 0.3) is 0 Å². The van der Waals surface area contributed by atoms with Crippen molar-refractivity contribution in [1.82, 2.24) is 10.6 Å². The van der Waals surface area contributed by atoms with Crippen LogP contribution in [0.1, 0.15) is 12.5 Å². The molecular formula is C19H24IN3O3. The van der Waals surface area contributed by atoms with Gasteiger partial charge in [-0.05, 0) is 24.6 Å². The van der Waals surface area contributed by atoms with E-state index in [-0.39, 0.29) is 30.8 Å². The predicted molar refractivity (Wildman–Crippen MR) is 113 cm³/mol. The Morgan fingerprint density at radius 2 is 1.88 bits per heavy atom. The Bertz CT molecular complexity index is 710. The van der Waals surface area contributed by atoms with Gasteiger partial charge in [0.2, 0.25) is 6.79 Å². The summed E-state index contributed by atoms with van der Waals surface area (Å²) in [7, 11) is 0. The average molecular weight is 469 g/mol. The van der Waals surface area contributed by atoms with E-state index in [9.17, 15) is 0 Å². The van der Waals surface area contributed by atoms with Crippen LogP contribution in [0, 0.1) is 0 Å². The number of hydrogen-bond donors (Lipinski definition) is 2. The number of guanidine groups is 1. The molecule has 1 heterocycles. The molecule has 1 aliphatic heterocycles. The summed E-state index contributed by atoms with van der Waals surface area (Å²) in [5.74, 6) is 3.02. The van der Waals surface area contributed by atoms with E-state index < -0.39 is 0 Å². The average Bonchev–Trinajstić information content (AvgIpc) is 3.12. The van der Waals surface area contributed by atoms with Gasteiger partial charge in [0, 0.05) is 12.6 Å². The molecule has 2 aromatic rings. The molecule has 0 radical (unpaired) electrons. The van der Waals surface area contributed by atoms with Gasteiger partial charge in [-0.3, -0.25) is 0 Å². The van der Waals surface area contributed by atoms with Crippen LogP contribution in [0.15, 0.2) is 53.5 Å². The van der Waals surface area contributed by atoms with Crippen molar-refractivity contribution in [2.24, 2.45) is 4.99 Å². The van der Waals surface area contributed by atoms with E-state index in [1.54, 1.807) is 0 Å². The molecule has 0 aromatic heterocycles. The van der Waals surface area contributed by atoms with Crippen molar-refractivity contribution in [3.63, 3.8) is 0 Å². The molecule has 7 heteroatoms. The number of nitrogens with zero attached hydrogens (tertiary/aromatic N) is 1. The van der Waals surface area contributed by atoms with E-state index >= 15 is 0 Å². The summed E-state index contributed by atoms with van der Waals surface area (Å²) in [6.07, 6.45) is 0. The smallest absolute Gasteiger partial charge is 0.231 e. The molecule has 2 aromatic carbocycles. The quantitative estimate of drug-likeness (QED) is 0.282. The molecule has 0 saturated carbocycles. The highest BCUT2D eigenvalue weighted by atomic mass is 127. The summed E-state index contributed by atoms with van der Waals surface area (Å²) in [5.41, 5.74) is 1.18. The molecule has 0 bridgehead atoms. The molecule has 0 spiro atoms. The third-order valence-electron chi connectivity index (χ3n) is 3.61. The fourth-order valence-electron chi connectivity index (χ4n) is 2.40. The molecule has 2 N–H and O–H groups in total. The van der Waals surface area contributed by atoms with Crippen molar-refractivity contribution in [3.05, 3.63) is 54.1 Å². The lowest BCUT2D eigenvalue weighted by Gasteiger charge is -2.12. The highest BCUT2D eigenvalue weighted by Gasteiger charge is 2.13. The molecule has 0 atom stereocenters. The van der Waals surface area contributed by atoms with Crippen LogP contribution in [0.25, 0.3) is 0 Å². The number of nitrogens with one attached hydrogen (secondary N) is 2. The molecule has 140 valence electrons. The second kappa shape index (κ2) is 10.7. The van der Waals surface area contributed by atoms with Crippen molar-refractivity contribution in [2.75, 3.05) is 26.5 Å². The molecule has 0 fully saturated rings. The van der Waals surface area contributed by atoms with Crippen molar-refractivity contribution in [3.8, 4) is 17.2 Å². The monoisotopic (exact) mass is 469 g/mol. The van der Waals surface area contributed by atoms with E-state index in [4.69, 9.17) is 14.2 Å². The Kier molecular flexibility index (Phi) is 8.33. The van der Waals surface area contributed by atoms with E-state index in [2.05, 4.69) is 27.8 Å². The van der Waals surface area contributed by atoms with Crippen LogP contribution in [-0.4, -0.2) is 32.4 Å². The molecule has 0 aliphatic carbocycles. The zero-order valence-corrected chi connectivity index (χ0v) is 17.1. The number of fused-ring (bicyclic) bond motifs is 1. The molecule has 0 saturated heterocycles. The van der Waals surface area contributed by atoms with E-state index in [1.165, 1.54) is 5.56 Å². The first kappa shape index (κ1) is 20.2. The van der Waals surface area contributed by atoms with Crippen LogP contribution < -0.4 is 24.8 Å². The molecule has 0 amide bonds. The number of hydrogen-bond acceptors (Lipinski definition) is 4. The SMILES string of the molecule is CCNC(=NCc1ccccc1)NCCOc1ccc2c(c1)OCO2.I. The third kappa shape index (κ3) is 5.98. The van der Waals surface area contributed by atoms with Crippen LogP contribution in [0.4, 0.5) is 0 Å². The molecule has 6 nitrogen and oxygen atoms in total. The van der Waals surface area contributed by atoms with Crippen LogP contribution in [0.2, 0.25) is 0 Å². The van der Waals surface area contributed by atoms with Gasteiger partial charge in [-0.1, -0.05) is 30.3 Å². The summed E-state index contributed by atoms with van der Waals surface area (Å²) >= 11 is 0. The maximum atomic E-state index is 5.74. The minimum Gasteiger partial charge on any atom is -0.492 e. The van der Waals surface area contributed by atoms with Crippen LogP contribution in [0.3, 0.4) is 0 Å². The number of aliphatic imine (C=N–C) groups is 1. The first-order valence-electron chi connectivity index (χ1n) is 8.43. The standard InChI is InChI=1S/C19H23N3O3.HI/c1-2-20-19(22-13-15-6-4-3-5-7-15)21-10-11-23-16-8-9-17-18(12-16)25-14-24-17;/h3-9,12H,2,10-11,13-14H2,1H3,(H2,20,21,22);1H. The lowest BCUT2D eigenvalue weighted by atomic mass is 10.2. The third-order valence-corrected chi connectivity index (χ3v) is 3.61. The van der Waals surface area contributed by atoms with Gasteiger partial charge in [-0.15, -0.1) is 24.0 Å². The molecule has 1 aliphatic rings. The fourth-order valence-corrected chi connectivity index (χ4v) is 2.40. The van der Waals surface area contributed by atoms with Gasteiger partial charge in [0.1, 0.15) is 12.4 Å². The van der Waals surface area contributed by atoms with Gasteiger partial charge in [0.05, 0.1) is 13.1 Å². The second-order valence-corrected chi connectivity index (χ2v) is 5.47. The zero-order valence-electron chi connectivity index (χ0n) is 14.7. The lowest BCUT2D eigenvalue weighted by Crippen LogP contribution is -2.39. The van der Waals surface area contributed by atoms with Crippen LogP contribution >= 0.6 is 24.0 Å². The first-order chi connectivity index (χ1) is 12.3. The Morgan fingerprint density at radius 1 is 1.08 bits per heavy atom. The van der Waals surface area contributed by atoms with Gasteiger partial charge in [-0.25, -0.2) is 4.99 Å².